The van der Waals surface area contributed by atoms with Crippen molar-refractivity contribution in [2.45, 2.75) is 179 Å². The summed E-state index contributed by atoms with van der Waals surface area (Å²) >= 11 is 0. The smallest absolute Gasteiger partial charge is 0.472 e. The second-order valence-corrected chi connectivity index (χ2v) is 17.2. The number of unbranched alkanes of at least 4 members (excludes halogenated alkanes) is 10. The number of aliphatic hydroxyl groups excluding tert-OH is 3. The third kappa shape index (κ3) is 29.9. The molecule has 0 radical (unpaired) electrons. The van der Waals surface area contributed by atoms with Gasteiger partial charge in [-0.15, -0.1) is 0 Å². The van der Waals surface area contributed by atoms with Gasteiger partial charge in [-0.25, -0.2) is 4.57 Å². The van der Waals surface area contributed by atoms with Gasteiger partial charge in [0.05, 0.1) is 31.5 Å². The lowest BCUT2D eigenvalue weighted by Gasteiger charge is -2.20. The molecule has 1 rings (SSSR count). The number of aliphatic carboxylic acids is 1. The standard InChI is InChI=1S/C46H78NO13P/c1-3-5-7-8-9-10-11-12-13-14-15-16-17-18-19-20-26-30-45(52)60-38(35-58-61(55,56)59-36-41(47)46(53)54)34-57-44(51)29-25-22-21-24-28-39-40(43(50)33-42(39)49)32-31-37(48)27-23-6-4-2/h9-10,12-13,15-16,21,24,31-32,37-43,48-50H,3-8,11,14,17-20,22-23,25-30,33-36,47H2,1-2H3,(H,53,54)(H,55,56)/b10-9-,13-12-,16-15-,24-21+,32-31+/t37-,38+,39+,40+,41-,42-,43+/m0/s1. The van der Waals surface area contributed by atoms with Gasteiger partial charge in [-0.1, -0.05) is 120 Å². The summed E-state index contributed by atoms with van der Waals surface area (Å²) in [6.45, 7) is 2.39. The summed E-state index contributed by atoms with van der Waals surface area (Å²) in [6.07, 6.45) is 33.8. The van der Waals surface area contributed by atoms with E-state index in [-0.39, 0.29) is 31.1 Å². The Bertz CT molecular complexity index is 1380. The molecule has 15 heteroatoms. The summed E-state index contributed by atoms with van der Waals surface area (Å²) in [6, 6.07) is -1.56. The molecule has 7 N–H and O–H groups in total. The van der Waals surface area contributed by atoms with Gasteiger partial charge >= 0.3 is 25.7 Å². The number of aliphatic hydroxyl groups is 3. The average Bonchev–Trinajstić information content (AvgIpc) is 3.49. The minimum absolute atomic E-state index is 0.0370. The lowest BCUT2D eigenvalue weighted by atomic mass is 9.89. The molecular formula is C46H78NO13P. The number of phosphoric ester groups is 1. The van der Waals surface area contributed by atoms with Crippen molar-refractivity contribution in [2.24, 2.45) is 17.6 Å². The van der Waals surface area contributed by atoms with Crippen LogP contribution in [0, 0.1) is 11.8 Å². The van der Waals surface area contributed by atoms with E-state index in [0.717, 1.165) is 64.2 Å². The van der Waals surface area contributed by atoms with E-state index in [1.54, 1.807) is 6.08 Å². The van der Waals surface area contributed by atoms with Crippen molar-refractivity contribution >= 4 is 25.7 Å². The van der Waals surface area contributed by atoms with Crippen LogP contribution in [-0.4, -0.2) is 93.5 Å². The van der Waals surface area contributed by atoms with Crippen LogP contribution < -0.4 is 5.73 Å². The van der Waals surface area contributed by atoms with Crippen LogP contribution >= 0.6 is 7.82 Å². The molecule has 0 aromatic rings. The highest BCUT2D eigenvalue weighted by atomic mass is 31.2. The molecule has 0 aliphatic heterocycles. The highest BCUT2D eigenvalue weighted by molar-refractivity contribution is 7.47. The molecule has 0 saturated heterocycles. The fraction of sp³-hybridized carbons (Fsp3) is 0.717. The lowest BCUT2D eigenvalue weighted by molar-refractivity contribution is -0.161. The van der Waals surface area contributed by atoms with Gasteiger partial charge in [-0.05, 0) is 76.5 Å². The van der Waals surface area contributed by atoms with Gasteiger partial charge in [0.15, 0.2) is 6.10 Å². The molecule has 0 aromatic heterocycles. The van der Waals surface area contributed by atoms with Crippen LogP contribution in [0.1, 0.15) is 149 Å². The number of rotatable bonds is 37. The van der Waals surface area contributed by atoms with E-state index in [4.69, 9.17) is 24.8 Å². The Morgan fingerprint density at radius 2 is 1.30 bits per heavy atom. The summed E-state index contributed by atoms with van der Waals surface area (Å²) in [5.41, 5.74) is 5.33. The van der Waals surface area contributed by atoms with E-state index >= 15 is 0 Å². The monoisotopic (exact) mass is 884 g/mol. The van der Waals surface area contributed by atoms with Crippen molar-refractivity contribution < 1.29 is 62.8 Å². The molecule has 61 heavy (non-hydrogen) atoms. The van der Waals surface area contributed by atoms with E-state index in [2.05, 4.69) is 54.8 Å². The molecule has 1 aliphatic carbocycles. The van der Waals surface area contributed by atoms with Crippen LogP contribution in [0.3, 0.4) is 0 Å². The number of carboxylic acid groups (broad SMARTS) is 1. The SMILES string of the molecule is CCCCC/C=C\C/C=C\C/C=C\CCCCCCC(=O)O[C@H](COC(=O)CCC/C=C/C[C@@H]1[C@@H](/C=C/[C@@H](O)CCCCC)[C@H](O)C[C@@H]1O)COP(=O)(O)OC[C@H](N)C(=O)O. The first-order chi connectivity index (χ1) is 29.3. The molecule has 0 aromatic carbocycles. The maximum atomic E-state index is 12.7. The Hall–Kier alpha value is -2.94. The summed E-state index contributed by atoms with van der Waals surface area (Å²) < 4.78 is 32.7. The fourth-order valence-corrected chi connectivity index (χ4v) is 7.43. The Morgan fingerprint density at radius 1 is 0.721 bits per heavy atom. The van der Waals surface area contributed by atoms with Crippen molar-refractivity contribution in [3.8, 4) is 0 Å². The molecule has 1 saturated carbocycles. The van der Waals surface area contributed by atoms with Crippen molar-refractivity contribution in [3.05, 3.63) is 60.8 Å². The normalized spacial score (nSPS) is 20.9. The van der Waals surface area contributed by atoms with Crippen LogP contribution in [0.4, 0.5) is 0 Å². The first-order valence-corrected chi connectivity index (χ1v) is 24.1. The van der Waals surface area contributed by atoms with Gasteiger partial charge in [0.25, 0.3) is 0 Å². The fourth-order valence-electron chi connectivity index (χ4n) is 6.65. The number of allylic oxidation sites excluding steroid dienone is 8. The van der Waals surface area contributed by atoms with Crippen LogP contribution in [-0.2, 0) is 37.5 Å². The molecule has 0 heterocycles. The molecule has 0 spiro atoms. The van der Waals surface area contributed by atoms with Crippen molar-refractivity contribution in [1.29, 1.82) is 0 Å². The first-order valence-electron chi connectivity index (χ1n) is 22.6. The number of phosphoric acid groups is 1. The zero-order valence-electron chi connectivity index (χ0n) is 36.8. The molecule has 1 fully saturated rings. The number of esters is 2. The Labute approximate surface area is 365 Å². The molecule has 0 bridgehead atoms. The molecule has 350 valence electrons. The lowest BCUT2D eigenvalue weighted by Crippen LogP contribution is -2.34. The second kappa shape index (κ2) is 35.5. The van der Waals surface area contributed by atoms with Crippen molar-refractivity contribution in [3.63, 3.8) is 0 Å². The number of carboxylic acids is 1. The quantitative estimate of drug-likeness (QED) is 0.0149. The van der Waals surface area contributed by atoms with Crippen LogP contribution in [0.2, 0.25) is 0 Å². The topological polar surface area (TPSA) is 232 Å². The molecule has 1 aliphatic rings. The maximum Gasteiger partial charge on any atom is 0.472 e. The van der Waals surface area contributed by atoms with Crippen molar-refractivity contribution in [1.82, 2.24) is 0 Å². The predicted molar refractivity (Wildman–Crippen MR) is 237 cm³/mol. The summed E-state index contributed by atoms with van der Waals surface area (Å²) in [5, 5.41) is 40.2. The molecular weight excluding hydrogens is 805 g/mol. The summed E-state index contributed by atoms with van der Waals surface area (Å²) in [5.74, 6) is -3.10. The Kier molecular flexibility index (Phi) is 32.6. The third-order valence-corrected chi connectivity index (χ3v) is 11.3. The number of hydrogen-bond donors (Lipinski definition) is 6. The second-order valence-electron chi connectivity index (χ2n) is 15.8. The molecule has 14 nitrogen and oxygen atoms in total. The number of carbonyl (C=O) groups is 3. The van der Waals surface area contributed by atoms with E-state index in [0.29, 0.717) is 32.1 Å². The number of carbonyl (C=O) groups excluding carboxylic acids is 2. The zero-order valence-corrected chi connectivity index (χ0v) is 37.7. The van der Waals surface area contributed by atoms with Crippen molar-refractivity contribution in [2.75, 3.05) is 19.8 Å². The minimum atomic E-state index is -4.79. The summed E-state index contributed by atoms with van der Waals surface area (Å²) in [4.78, 5) is 46.2. The maximum absolute atomic E-state index is 12.7. The third-order valence-electron chi connectivity index (χ3n) is 10.3. The predicted octanol–water partition coefficient (Wildman–Crippen LogP) is 8.33. The molecule has 8 atom stereocenters. The largest absolute Gasteiger partial charge is 0.480 e. The number of hydrogen-bond acceptors (Lipinski definition) is 12. The van der Waals surface area contributed by atoms with Gasteiger partial charge in [-0.2, -0.15) is 0 Å². The summed E-state index contributed by atoms with van der Waals surface area (Å²) in [7, 11) is -4.79. The molecule has 1 unspecified atom stereocenters. The zero-order chi connectivity index (χ0) is 45.1. The van der Waals surface area contributed by atoms with E-state index in [1.807, 2.05) is 18.2 Å². The van der Waals surface area contributed by atoms with Crippen LogP contribution in [0.5, 0.6) is 0 Å². The van der Waals surface area contributed by atoms with Gasteiger partial charge in [0, 0.05) is 25.2 Å². The van der Waals surface area contributed by atoms with Gasteiger partial charge in [0.2, 0.25) is 0 Å². The number of ether oxygens (including phenoxy) is 2. The highest BCUT2D eigenvalue weighted by Crippen LogP contribution is 2.43. The first kappa shape index (κ1) is 56.1. The van der Waals surface area contributed by atoms with E-state index in [9.17, 15) is 39.2 Å². The van der Waals surface area contributed by atoms with E-state index < -0.39 is 76.0 Å². The van der Waals surface area contributed by atoms with E-state index in [1.165, 1.54) is 19.3 Å². The minimum Gasteiger partial charge on any atom is -0.480 e. The number of nitrogens with two attached hydrogens (primary N) is 1. The van der Waals surface area contributed by atoms with Gasteiger partial charge < -0.3 is 40.5 Å². The average molecular weight is 884 g/mol. The van der Waals surface area contributed by atoms with Gasteiger partial charge in [0.1, 0.15) is 12.6 Å². The van der Waals surface area contributed by atoms with Crippen LogP contribution in [0.15, 0.2) is 60.8 Å². The van der Waals surface area contributed by atoms with Crippen LogP contribution in [0.25, 0.3) is 0 Å². The Morgan fingerprint density at radius 3 is 1.97 bits per heavy atom. The molecule has 0 amide bonds. The highest BCUT2D eigenvalue weighted by Gasteiger charge is 2.39. The Balaban J connectivity index is 2.51. The van der Waals surface area contributed by atoms with Gasteiger partial charge in [-0.3, -0.25) is 23.4 Å².